The fraction of sp³-hybridized carbons (Fsp3) is 0.588. The number of hydrogen-bond donors (Lipinski definition) is 1. The summed E-state index contributed by atoms with van der Waals surface area (Å²) in [5.41, 5.74) is 9.45. The van der Waals surface area contributed by atoms with Crippen molar-refractivity contribution >= 4 is 5.91 Å². The Bertz CT molecular complexity index is 484. The first kappa shape index (κ1) is 15.0. The smallest absolute Gasteiger partial charge is 0.226 e. The molecule has 2 N–H and O–H groups in total. The van der Waals surface area contributed by atoms with Gasteiger partial charge in [-0.25, -0.2) is 0 Å². The number of piperidine rings is 1. The third-order valence-corrected chi connectivity index (χ3v) is 4.70. The zero-order valence-electron chi connectivity index (χ0n) is 12.9. The number of carbonyl (C=O) groups is 1. The SMILES string of the molecule is Cc1ccc(CC(=O)N2CCC(C)C(CN)C2)cc1C. The maximum atomic E-state index is 12.4. The predicted octanol–water partition coefficient (Wildman–Crippen LogP) is 2.29. The zero-order valence-corrected chi connectivity index (χ0v) is 12.9. The second-order valence-electron chi connectivity index (χ2n) is 6.20. The average molecular weight is 274 g/mol. The summed E-state index contributed by atoms with van der Waals surface area (Å²) in [5.74, 6) is 1.32. The van der Waals surface area contributed by atoms with E-state index in [9.17, 15) is 4.79 Å². The zero-order chi connectivity index (χ0) is 14.7. The first-order valence-electron chi connectivity index (χ1n) is 7.55. The molecule has 2 rings (SSSR count). The van der Waals surface area contributed by atoms with Gasteiger partial charge in [-0.3, -0.25) is 4.79 Å². The lowest BCUT2D eigenvalue weighted by atomic mass is 9.87. The number of rotatable bonds is 3. The van der Waals surface area contributed by atoms with Gasteiger partial charge in [0.05, 0.1) is 6.42 Å². The molecule has 2 unspecified atom stereocenters. The normalized spacial score (nSPS) is 22.9. The summed E-state index contributed by atoms with van der Waals surface area (Å²) < 4.78 is 0. The van der Waals surface area contributed by atoms with E-state index in [1.807, 2.05) is 4.90 Å². The second-order valence-corrected chi connectivity index (χ2v) is 6.20. The molecule has 3 nitrogen and oxygen atoms in total. The molecule has 1 aliphatic heterocycles. The Balaban J connectivity index is 1.99. The third-order valence-electron chi connectivity index (χ3n) is 4.70. The second kappa shape index (κ2) is 6.40. The van der Waals surface area contributed by atoms with Crippen molar-refractivity contribution in [3.63, 3.8) is 0 Å². The maximum absolute atomic E-state index is 12.4. The number of benzene rings is 1. The molecule has 110 valence electrons. The molecule has 0 spiro atoms. The molecule has 1 aromatic rings. The van der Waals surface area contributed by atoms with Crippen LogP contribution in [-0.2, 0) is 11.2 Å². The van der Waals surface area contributed by atoms with Gasteiger partial charge in [0.2, 0.25) is 5.91 Å². The summed E-state index contributed by atoms with van der Waals surface area (Å²) in [6.07, 6.45) is 1.58. The molecule has 3 heteroatoms. The van der Waals surface area contributed by atoms with E-state index in [2.05, 4.69) is 39.0 Å². The molecule has 20 heavy (non-hydrogen) atoms. The molecule has 1 fully saturated rings. The minimum atomic E-state index is 0.235. The van der Waals surface area contributed by atoms with Crippen LogP contribution in [0.1, 0.15) is 30.0 Å². The molecule has 0 bridgehead atoms. The highest BCUT2D eigenvalue weighted by Crippen LogP contribution is 2.23. The van der Waals surface area contributed by atoms with Crippen LogP contribution in [0, 0.1) is 25.7 Å². The molecule has 1 heterocycles. The molecular formula is C17H26N2O. The van der Waals surface area contributed by atoms with Crippen LogP contribution in [0.2, 0.25) is 0 Å². The van der Waals surface area contributed by atoms with E-state index >= 15 is 0 Å². The van der Waals surface area contributed by atoms with Crippen LogP contribution in [0.3, 0.4) is 0 Å². The third kappa shape index (κ3) is 3.40. The van der Waals surface area contributed by atoms with Crippen LogP contribution < -0.4 is 5.73 Å². The van der Waals surface area contributed by atoms with Crippen molar-refractivity contribution in [2.75, 3.05) is 19.6 Å². The molecule has 2 atom stereocenters. The van der Waals surface area contributed by atoms with E-state index in [0.29, 0.717) is 24.8 Å². The number of nitrogens with two attached hydrogens (primary N) is 1. The molecule has 0 saturated carbocycles. The van der Waals surface area contributed by atoms with Gasteiger partial charge >= 0.3 is 0 Å². The van der Waals surface area contributed by atoms with E-state index in [1.54, 1.807) is 0 Å². The highest BCUT2D eigenvalue weighted by Gasteiger charge is 2.27. The van der Waals surface area contributed by atoms with Gasteiger partial charge < -0.3 is 10.6 Å². The van der Waals surface area contributed by atoms with Crippen molar-refractivity contribution in [3.8, 4) is 0 Å². The van der Waals surface area contributed by atoms with Gasteiger partial charge in [-0.1, -0.05) is 25.1 Å². The van der Waals surface area contributed by atoms with E-state index in [-0.39, 0.29) is 5.91 Å². The van der Waals surface area contributed by atoms with Crippen molar-refractivity contribution in [3.05, 3.63) is 34.9 Å². The Morgan fingerprint density at radius 1 is 1.35 bits per heavy atom. The number of carbonyl (C=O) groups excluding carboxylic acids is 1. The Morgan fingerprint density at radius 3 is 2.75 bits per heavy atom. The topological polar surface area (TPSA) is 46.3 Å². The molecular weight excluding hydrogens is 248 g/mol. The van der Waals surface area contributed by atoms with E-state index < -0.39 is 0 Å². The summed E-state index contributed by atoms with van der Waals surface area (Å²) in [4.78, 5) is 14.4. The van der Waals surface area contributed by atoms with Gasteiger partial charge in [-0.05, 0) is 55.3 Å². The van der Waals surface area contributed by atoms with Crippen LogP contribution in [0.25, 0.3) is 0 Å². The number of amides is 1. The van der Waals surface area contributed by atoms with Crippen LogP contribution in [-0.4, -0.2) is 30.4 Å². The van der Waals surface area contributed by atoms with E-state index in [0.717, 1.165) is 25.1 Å². The van der Waals surface area contributed by atoms with Crippen LogP contribution in [0.15, 0.2) is 18.2 Å². The number of aryl methyl sites for hydroxylation is 2. The molecule has 0 radical (unpaired) electrons. The standard InChI is InChI=1S/C17H26N2O/c1-12-4-5-15(8-14(12)3)9-17(20)19-7-6-13(2)16(10-18)11-19/h4-5,8,13,16H,6-7,9-11,18H2,1-3H3. The first-order chi connectivity index (χ1) is 9.51. The number of nitrogens with zero attached hydrogens (tertiary/aromatic N) is 1. The Hall–Kier alpha value is -1.35. The summed E-state index contributed by atoms with van der Waals surface area (Å²) in [6, 6.07) is 6.28. The van der Waals surface area contributed by atoms with Crippen molar-refractivity contribution in [1.29, 1.82) is 0 Å². The van der Waals surface area contributed by atoms with Gasteiger partial charge in [0.15, 0.2) is 0 Å². The highest BCUT2D eigenvalue weighted by atomic mass is 16.2. The summed E-state index contributed by atoms with van der Waals surface area (Å²) in [6.45, 7) is 8.80. The molecule has 1 aliphatic rings. The fourth-order valence-corrected chi connectivity index (χ4v) is 2.88. The van der Waals surface area contributed by atoms with Crippen LogP contribution in [0.4, 0.5) is 0 Å². The molecule has 0 aromatic heterocycles. The Morgan fingerprint density at radius 2 is 2.10 bits per heavy atom. The van der Waals surface area contributed by atoms with Gasteiger partial charge in [0.1, 0.15) is 0 Å². The fourth-order valence-electron chi connectivity index (χ4n) is 2.88. The van der Waals surface area contributed by atoms with Gasteiger partial charge in [0, 0.05) is 13.1 Å². The van der Waals surface area contributed by atoms with Gasteiger partial charge in [-0.15, -0.1) is 0 Å². The average Bonchev–Trinajstić information content (AvgIpc) is 2.43. The van der Waals surface area contributed by atoms with Gasteiger partial charge in [-0.2, -0.15) is 0 Å². The number of likely N-dealkylation sites (tertiary alicyclic amines) is 1. The van der Waals surface area contributed by atoms with Gasteiger partial charge in [0.25, 0.3) is 0 Å². The van der Waals surface area contributed by atoms with Crippen molar-refractivity contribution in [2.45, 2.75) is 33.6 Å². The minimum Gasteiger partial charge on any atom is -0.342 e. The Labute approximate surface area is 122 Å². The maximum Gasteiger partial charge on any atom is 0.226 e. The number of hydrogen-bond acceptors (Lipinski definition) is 2. The minimum absolute atomic E-state index is 0.235. The quantitative estimate of drug-likeness (QED) is 0.919. The predicted molar refractivity (Wildman–Crippen MR) is 82.5 cm³/mol. The van der Waals surface area contributed by atoms with Crippen LogP contribution >= 0.6 is 0 Å². The summed E-state index contributed by atoms with van der Waals surface area (Å²) in [7, 11) is 0. The lowest BCUT2D eigenvalue weighted by Gasteiger charge is -2.36. The highest BCUT2D eigenvalue weighted by molar-refractivity contribution is 5.79. The monoisotopic (exact) mass is 274 g/mol. The summed E-state index contributed by atoms with van der Waals surface area (Å²) >= 11 is 0. The molecule has 1 saturated heterocycles. The molecule has 0 aliphatic carbocycles. The van der Waals surface area contributed by atoms with E-state index in [1.165, 1.54) is 11.1 Å². The van der Waals surface area contributed by atoms with E-state index in [4.69, 9.17) is 5.73 Å². The lowest BCUT2D eigenvalue weighted by Crippen LogP contribution is -2.46. The molecule has 1 aromatic carbocycles. The van der Waals surface area contributed by atoms with Crippen molar-refractivity contribution in [2.24, 2.45) is 17.6 Å². The van der Waals surface area contributed by atoms with Crippen molar-refractivity contribution < 1.29 is 4.79 Å². The summed E-state index contributed by atoms with van der Waals surface area (Å²) in [5, 5.41) is 0. The lowest BCUT2D eigenvalue weighted by molar-refractivity contribution is -0.132. The first-order valence-corrected chi connectivity index (χ1v) is 7.55. The van der Waals surface area contributed by atoms with Crippen molar-refractivity contribution in [1.82, 2.24) is 4.90 Å². The Kier molecular flexibility index (Phi) is 4.81. The molecule has 1 amide bonds. The van der Waals surface area contributed by atoms with Crippen LogP contribution in [0.5, 0.6) is 0 Å². The largest absolute Gasteiger partial charge is 0.342 e.